The van der Waals surface area contributed by atoms with Crippen molar-refractivity contribution in [3.05, 3.63) is 29.8 Å². The van der Waals surface area contributed by atoms with Crippen LogP contribution in [0.25, 0.3) is 0 Å². The number of hydrogen-bond acceptors (Lipinski definition) is 5. The van der Waals surface area contributed by atoms with E-state index in [1.54, 1.807) is 45.0 Å². The first-order valence-corrected chi connectivity index (χ1v) is 7.27. The summed E-state index contributed by atoms with van der Waals surface area (Å²) in [5.41, 5.74) is -0.567. The van der Waals surface area contributed by atoms with Crippen molar-refractivity contribution < 1.29 is 24.2 Å². The van der Waals surface area contributed by atoms with Crippen LogP contribution in [0, 0.1) is 11.3 Å². The molecule has 1 fully saturated rings. The highest BCUT2D eigenvalue weighted by Crippen LogP contribution is 2.56. The van der Waals surface area contributed by atoms with Gasteiger partial charge in [-0.3, -0.25) is 9.59 Å². The van der Waals surface area contributed by atoms with Crippen LogP contribution in [0.5, 0.6) is 5.75 Å². The molecule has 0 radical (unpaired) electrons. The fourth-order valence-corrected chi connectivity index (χ4v) is 2.66. The average molecular weight is 306 g/mol. The van der Waals surface area contributed by atoms with Crippen molar-refractivity contribution in [2.45, 2.75) is 39.2 Å². The normalized spacial score (nSPS) is 23.7. The molecule has 0 amide bonds. The maximum Gasteiger partial charge on any atom is 0.313 e. The number of ether oxygens (including phenoxy) is 2. The molecule has 0 unspecified atom stereocenters. The number of rotatable bonds is 4. The van der Waals surface area contributed by atoms with Gasteiger partial charge in [-0.05, 0) is 51.3 Å². The lowest BCUT2D eigenvalue weighted by atomic mass is 9.93. The molecule has 1 aliphatic rings. The molecule has 1 N–H and O–H groups in total. The first-order chi connectivity index (χ1) is 10.2. The molecule has 0 aromatic heterocycles. The van der Waals surface area contributed by atoms with Gasteiger partial charge in [-0.1, -0.05) is 12.1 Å². The number of aromatic hydroxyl groups is 1. The summed E-state index contributed by atoms with van der Waals surface area (Å²) >= 11 is 0. The third-order valence-corrected chi connectivity index (χ3v) is 3.81. The number of carbonyl (C=O) groups is 2. The second-order valence-electron chi connectivity index (χ2n) is 6.78. The molecule has 120 valence electrons. The van der Waals surface area contributed by atoms with Gasteiger partial charge in [0.05, 0.1) is 18.4 Å². The molecule has 1 saturated carbocycles. The molecule has 2 atom stereocenters. The smallest absolute Gasteiger partial charge is 0.313 e. The van der Waals surface area contributed by atoms with E-state index in [0.29, 0.717) is 12.8 Å². The minimum Gasteiger partial charge on any atom is -0.508 e. The highest BCUT2D eigenvalue weighted by Gasteiger charge is 2.65. The molecular weight excluding hydrogens is 284 g/mol. The number of benzene rings is 1. The third kappa shape index (κ3) is 3.40. The fourth-order valence-electron chi connectivity index (χ4n) is 2.66. The third-order valence-electron chi connectivity index (χ3n) is 3.81. The van der Waals surface area contributed by atoms with Crippen molar-refractivity contribution in [1.82, 2.24) is 0 Å². The van der Waals surface area contributed by atoms with Gasteiger partial charge in [0.25, 0.3) is 0 Å². The molecule has 2 rings (SSSR count). The number of esters is 2. The molecular formula is C17H22O5. The van der Waals surface area contributed by atoms with E-state index in [2.05, 4.69) is 0 Å². The molecule has 0 saturated heterocycles. The van der Waals surface area contributed by atoms with Crippen molar-refractivity contribution in [3.63, 3.8) is 0 Å². The average Bonchev–Trinajstić information content (AvgIpc) is 3.14. The van der Waals surface area contributed by atoms with Crippen LogP contribution in [0.15, 0.2) is 24.3 Å². The van der Waals surface area contributed by atoms with Crippen LogP contribution in [0.2, 0.25) is 0 Å². The minimum absolute atomic E-state index is 0.162. The second-order valence-corrected chi connectivity index (χ2v) is 6.78. The fraction of sp³-hybridized carbons (Fsp3) is 0.529. The quantitative estimate of drug-likeness (QED) is 0.865. The molecule has 1 aromatic carbocycles. The van der Waals surface area contributed by atoms with Crippen LogP contribution in [-0.2, 0) is 25.5 Å². The Morgan fingerprint density at radius 3 is 2.36 bits per heavy atom. The summed E-state index contributed by atoms with van der Waals surface area (Å²) in [5.74, 6) is -1.07. The largest absolute Gasteiger partial charge is 0.508 e. The zero-order valence-corrected chi connectivity index (χ0v) is 13.4. The topological polar surface area (TPSA) is 72.8 Å². The van der Waals surface area contributed by atoms with Crippen LogP contribution in [0.3, 0.4) is 0 Å². The Morgan fingerprint density at radius 1 is 1.27 bits per heavy atom. The summed E-state index contributed by atoms with van der Waals surface area (Å²) in [5, 5.41) is 9.33. The van der Waals surface area contributed by atoms with Gasteiger partial charge in [-0.25, -0.2) is 0 Å². The molecule has 0 aliphatic heterocycles. The molecule has 0 spiro atoms. The maximum absolute atomic E-state index is 12.2. The number of carbonyl (C=O) groups excluding carboxylic acids is 2. The van der Waals surface area contributed by atoms with Gasteiger partial charge < -0.3 is 14.6 Å². The van der Waals surface area contributed by atoms with E-state index in [9.17, 15) is 14.7 Å². The zero-order valence-electron chi connectivity index (χ0n) is 13.4. The molecule has 5 heteroatoms. The van der Waals surface area contributed by atoms with E-state index < -0.39 is 22.9 Å². The van der Waals surface area contributed by atoms with Crippen LogP contribution in [0.1, 0.15) is 32.8 Å². The van der Waals surface area contributed by atoms with Crippen molar-refractivity contribution in [1.29, 1.82) is 0 Å². The summed E-state index contributed by atoms with van der Waals surface area (Å²) in [6.45, 7) is 5.40. The Hall–Kier alpha value is -2.04. The summed E-state index contributed by atoms with van der Waals surface area (Å²) in [6.07, 6.45) is 0.819. The monoisotopic (exact) mass is 306 g/mol. The predicted molar refractivity (Wildman–Crippen MR) is 80.2 cm³/mol. The van der Waals surface area contributed by atoms with Gasteiger partial charge in [0, 0.05) is 0 Å². The first-order valence-electron chi connectivity index (χ1n) is 7.27. The Balaban J connectivity index is 2.16. The Kier molecular flexibility index (Phi) is 4.18. The highest BCUT2D eigenvalue weighted by atomic mass is 16.6. The van der Waals surface area contributed by atoms with Gasteiger partial charge in [-0.2, -0.15) is 0 Å². The van der Waals surface area contributed by atoms with Crippen LogP contribution < -0.4 is 0 Å². The van der Waals surface area contributed by atoms with Crippen molar-refractivity contribution in [2.24, 2.45) is 11.3 Å². The van der Waals surface area contributed by atoms with Crippen molar-refractivity contribution >= 4 is 11.9 Å². The summed E-state index contributed by atoms with van der Waals surface area (Å²) in [7, 11) is 1.32. The number of phenolic OH excluding ortho intramolecular Hbond substituents is 1. The van der Waals surface area contributed by atoms with E-state index in [1.807, 2.05) is 0 Å². The van der Waals surface area contributed by atoms with Gasteiger partial charge in [-0.15, -0.1) is 0 Å². The van der Waals surface area contributed by atoms with E-state index in [0.717, 1.165) is 5.56 Å². The van der Waals surface area contributed by atoms with E-state index in [1.165, 1.54) is 7.11 Å². The summed E-state index contributed by atoms with van der Waals surface area (Å²) in [6, 6.07) is 6.60. The van der Waals surface area contributed by atoms with E-state index >= 15 is 0 Å². The molecule has 0 heterocycles. The van der Waals surface area contributed by atoms with E-state index in [-0.39, 0.29) is 11.7 Å². The van der Waals surface area contributed by atoms with Gasteiger partial charge in [0.1, 0.15) is 11.4 Å². The Bertz CT molecular complexity index is 570. The van der Waals surface area contributed by atoms with E-state index in [4.69, 9.17) is 9.47 Å². The first kappa shape index (κ1) is 16.3. The van der Waals surface area contributed by atoms with Gasteiger partial charge in [0.2, 0.25) is 0 Å². The summed E-state index contributed by atoms with van der Waals surface area (Å²) in [4.78, 5) is 24.4. The highest BCUT2D eigenvalue weighted by molar-refractivity contribution is 5.91. The lowest BCUT2D eigenvalue weighted by Gasteiger charge is -2.21. The summed E-state index contributed by atoms with van der Waals surface area (Å²) < 4.78 is 10.3. The van der Waals surface area contributed by atoms with Crippen LogP contribution in [-0.4, -0.2) is 29.8 Å². The SMILES string of the molecule is COC(=O)[C@@]1(Cc2ccc(O)cc2)C[C@@H]1C(=O)OC(C)(C)C. The predicted octanol–water partition coefficient (Wildman–Crippen LogP) is 2.46. The lowest BCUT2D eigenvalue weighted by Crippen LogP contribution is -2.30. The number of hydrogen-bond donors (Lipinski definition) is 1. The lowest BCUT2D eigenvalue weighted by molar-refractivity contribution is -0.161. The molecule has 1 aromatic rings. The second kappa shape index (κ2) is 5.63. The molecule has 1 aliphatic carbocycles. The molecule has 0 bridgehead atoms. The van der Waals surface area contributed by atoms with Gasteiger partial charge in [0.15, 0.2) is 0 Å². The van der Waals surface area contributed by atoms with Crippen molar-refractivity contribution in [2.75, 3.05) is 7.11 Å². The maximum atomic E-state index is 12.2. The molecule has 22 heavy (non-hydrogen) atoms. The zero-order chi connectivity index (χ0) is 16.5. The Morgan fingerprint density at radius 2 is 1.86 bits per heavy atom. The van der Waals surface area contributed by atoms with Crippen molar-refractivity contribution in [3.8, 4) is 5.75 Å². The number of phenols is 1. The Labute approximate surface area is 130 Å². The standard InChI is InChI=1S/C17H22O5/c1-16(2,3)22-14(19)13-10-17(13,15(20)21-4)9-11-5-7-12(18)8-6-11/h5-8,13,18H,9-10H2,1-4H3/t13-,17+/m1/s1. The minimum atomic E-state index is -0.853. The van der Waals surface area contributed by atoms with Gasteiger partial charge >= 0.3 is 11.9 Å². The van der Waals surface area contributed by atoms with Crippen LogP contribution >= 0.6 is 0 Å². The molecule has 5 nitrogen and oxygen atoms in total. The number of methoxy groups -OCH3 is 1. The van der Waals surface area contributed by atoms with Crippen LogP contribution in [0.4, 0.5) is 0 Å².